The van der Waals surface area contributed by atoms with Crippen molar-refractivity contribution in [2.45, 2.75) is 19.5 Å². The van der Waals surface area contributed by atoms with Gasteiger partial charge in [-0.25, -0.2) is 4.79 Å². The van der Waals surface area contributed by atoms with Crippen molar-refractivity contribution in [2.75, 3.05) is 33.7 Å². The molecule has 25 heavy (non-hydrogen) atoms. The third kappa shape index (κ3) is 3.26. The van der Waals surface area contributed by atoms with Crippen molar-refractivity contribution < 1.29 is 14.0 Å². The van der Waals surface area contributed by atoms with Crippen LogP contribution in [0.5, 0.6) is 0 Å². The number of hydrogen-bond donors (Lipinski definition) is 0. The Hall–Kier alpha value is -2.70. The smallest absolute Gasteiger partial charge is 0.319 e. The summed E-state index contributed by atoms with van der Waals surface area (Å²) in [6.45, 7) is 3.79. The molecule has 7 heteroatoms. The van der Waals surface area contributed by atoms with Gasteiger partial charge in [-0.05, 0) is 25.1 Å². The van der Waals surface area contributed by atoms with Crippen LogP contribution in [-0.2, 0) is 11.3 Å². The van der Waals surface area contributed by atoms with Crippen LogP contribution in [0.25, 0.3) is 0 Å². The Morgan fingerprint density at radius 3 is 2.72 bits per heavy atom. The molecule has 0 aromatic carbocycles. The Balaban J connectivity index is 1.85. The number of carbonyl (C=O) groups excluding carboxylic acids is 2. The SMILES string of the molecule is CCN(CC(=O)N1CCn2cccc2C1c1ccoc1)C(=O)N(C)C. The summed E-state index contributed by atoms with van der Waals surface area (Å²) in [4.78, 5) is 30.1. The minimum absolute atomic E-state index is 0.0595. The van der Waals surface area contributed by atoms with Gasteiger partial charge in [0.2, 0.25) is 5.91 Å². The van der Waals surface area contributed by atoms with Crippen molar-refractivity contribution >= 4 is 11.9 Å². The zero-order chi connectivity index (χ0) is 18.0. The van der Waals surface area contributed by atoms with E-state index in [0.717, 1.165) is 17.8 Å². The summed E-state index contributed by atoms with van der Waals surface area (Å²) in [5.74, 6) is -0.0595. The number of amides is 3. The second-order valence-electron chi connectivity index (χ2n) is 6.36. The molecule has 134 valence electrons. The van der Waals surface area contributed by atoms with Gasteiger partial charge in [0.25, 0.3) is 0 Å². The number of likely N-dealkylation sites (N-methyl/N-ethyl adjacent to an activating group) is 1. The van der Waals surface area contributed by atoms with Crippen LogP contribution in [0.4, 0.5) is 4.79 Å². The van der Waals surface area contributed by atoms with Crippen molar-refractivity contribution in [3.05, 3.63) is 48.2 Å². The van der Waals surface area contributed by atoms with Crippen molar-refractivity contribution in [3.8, 4) is 0 Å². The Morgan fingerprint density at radius 2 is 2.08 bits per heavy atom. The molecule has 7 nitrogen and oxygen atoms in total. The number of urea groups is 1. The van der Waals surface area contributed by atoms with Crippen LogP contribution < -0.4 is 0 Å². The van der Waals surface area contributed by atoms with E-state index >= 15 is 0 Å². The molecule has 0 saturated carbocycles. The highest BCUT2D eigenvalue weighted by Crippen LogP contribution is 2.32. The monoisotopic (exact) mass is 344 g/mol. The molecule has 0 fully saturated rings. The highest BCUT2D eigenvalue weighted by atomic mass is 16.3. The molecule has 0 aliphatic carbocycles. The van der Waals surface area contributed by atoms with Crippen molar-refractivity contribution in [2.24, 2.45) is 0 Å². The van der Waals surface area contributed by atoms with Crippen LogP contribution in [0.1, 0.15) is 24.2 Å². The fraction of sp³-hybridized carbons (Fsp3) is 0.444. The average molecular weight is 344 g/mol. The van der Waals surface area contributed by atoms with Gasteiger partial charge in [0.1, 0.15) is 12.6 Å². The summed E-state index contributed by atoms with van der Waals surface area (Å²) in [5.41, 5.74) is 2.00. The van der Waals surface area contributed by atoms with E-state index in [-0.39, 0.29) is 24.5 Å². The molecule has 2 aromatic heterocycles. The summed E-state index contributed by atoms with van der Waals surface area (Å²) in [5, 5.41) is 0. The van der Waals surface area contributed by atoms with E-state index in [9.17, 15) is 9.59 Å². The second kappa shape index (κ2) is 7.04. The van der Waals surface area contributed by atoms with Crippen LogP contribution in [0.3, 0.4) is 0 Å². The maximum Gasteiger partial charge on any atom is 0.319 e. The Morgan fingerprint density at radius 1 is 1.28 bits per heavy atom. The third-order valence-electron chi connectivity index (χ3n) is 4.58. The molecular weight excluding hydrogens is 320 g/mol. The van der Waals surface area contributed by atoms with Crippen LogP contribution in [0, 0.1) is 0 Å². The van der Waals surface area contributed by atoms with Gasteiger partial charge in [-0.1, -0.05) is 0 Å². The first kappa shape index (κ1) is 17.1. The third-order valence-corrected chi connectivity index (χ3v) is 4.58. The minimum atomic E-state index is -0.192. The number of furan rings is 1. The molecule has 0 bridgehead atoms. The molecule has 3 rings (SSSR count). The fourth-order valence-electron chi connectivity index (χ4n) is 3.29. The second-order valence-corrected chi connectivity index (χ2v) is 6.36. The first-order valence-electron chi connectivity index (χ1n) is 8.45. The minimum Gasteiger partial charge on any atom is -0.472 e. The first-order chi connectivity index (χ1) is 12.0. The number of nitrogens with zero attached hydrogens (tertiary/aromatic N) is 4. The first-order valence-corrected chi connectivity index (χ1v) is 8.45. The number of fused-ring (bicyclic) bond motifs is 1. The van der Waals surface area contributed by atoms with Crippen LogP contribution in [0.2, 0.25) is 0 Å². The maximum absolute atomic E-state index is 13.0. The Labute approximate surface area is 147 Å². The number of hydrogen-bond acceptors (Lipinski definition) is 3. The van der Waals surface area contributed by atoms with Gasteiger partial charge in [0.05, 0.1) is 12.5 Å². The predicted molar refractivity (Wildman–Crippen MR) is 93.0 cm³/mol. The lowest BCUT2D eigenvalue weighted by molar-refractivity contribution is -0.134. The zero-order valence-electron chi connectivity index (χ0n) is 14.9. The fourth-order valence-corrected chi connectivity index (χ4v) is 3.29. The molecule has 1 aliphatic rings. The average Bonchev–Trinajstić information content (AvgIpc) is 3.28. The summed E-state index contributed by atoms with van der Waals surface area (Å²) in [7, 11) is 3.38. The highest BCUT2D eigenvalue weighted by Gasteiger charge is 2.33. The van der Waals surface area contributed by atoms with Gasteiger partial charge >= 0.3 is 6.03 Å². The van der Waals surface area contributed by atoms with E-state index in [1.54, 1.807) is 31.5 Å². The molecule has 0 N–H and O–H groups in total. The van der Waals surface area contributed by atoms with Gasteiger partial charge < -0.3 is 23.7 Å². The standard InChI is InChI=1S/C18H24N4O3/c1-4-20(18(24)19(2)3)12-16(23)22-10-9-21-8-5-6-15(21)17(22)14-7-11-25-13-14/h5-8,11,13,17H,4,9-10,12H2,1-3H3. The molecular formula is C18H24N4O3. The van der Waals surface area contributed by atoms with E-state index in [1.165, 1.54) is 4.90 Å². The normalized spacial score (nSPS) is 16.4. The molecule has 3 amide bonds. The molecule has 1 aliphatic heterocycles. The summed E-state index contributed by atoms with van der Waals surface area (Å²) < 4.78 is 7.40. The van der Waals surface area contributed by atoms with Crippen molar-refractivity contribution in [1.82, 2.24) is 19.3 Å². The molecule has 3 heterocycles. The Kier molecular flexibility index (Phi) is 4.83. The lowest BCUT2D eigenvalue weighted by atomic mass is 10.0. The predicted octanol–water partition coefficient (Wildman–Crippen LogP) is 2.02. The van der Waals surface area contributed by atoms with Crippen LogP contribution >= 0.6 is 0 Å². The molecule has 0 saturated heterocycles. The van der Waals surface area contributed by atoms with Gasteiger partial charge in [-0.2, -0.15) is 0 Å². The number of aromatic nitrogens is 1. The van der Waals surface area contributed by atoms with E-state index < -0.39 is 0 Å². The van der Waals surface area contributed by atoms with Crippen LogP contribution in [0.15, 0.2) is 41.3 Å². The van der Waals surface area contributed by atoms with Crippen LogP contribution in [-0.4, -0.2) is 64.9 Å². The molecule has 0 radical (unpaired) electrons. The summed E-state index contributed by atoms with van der Waals surface area (Å²) >= 11 is 0. The maximum atomic E-state index is 13.0. The van der Waals surface area contributed by atoms with Crippen molar-refractivity contribution in [1.29, 1.82) is 0 Å². The topological polar surface area (TPSA) is 61.9 Å². The van der Waals surface area contributed by atoms with E-state index in [4.69, 9.17) is 4.42 Å². The molecule has 0 spiro atoms. The van der Waals surface area contributed by atoms with E-state index in [1.807, 2.05) is 36.2 Å². The Bertz CT molecular complexity index is 735. The van der Waals surface area contributed by atoms with Gasteiger partial charge in [0, 0.05) is 51.2 Å². The lowest BCUT2D eigenvalue weighted by Crippen LogP contribution is -2.49. The largest absolute Gasteiger partial charge is 0.472 e. The number of rotatable bonds is 4. The van der Waals surface area contributed by atoms with E-state index in [0.29, 0.717) is 13.1 Å². The lowest BCUT2D eigenvalue weighted by Gasteiger charge is -2.38. The molecule has 1 atom stereocenters. The van der Waals surface area contributed by atoms with E-state index in [2.05, 4.69) is 4.57 Å². The van der Waals surface area contributed by atoms with Gasteiger partial charge in [-0.15, -0.1) is 0 Å². The summed E-state index contributed by atoms with van der Waals surface area (Å²) in [6.07, 6.45) is 5.32. The summed E-state index contributed by atoms with van der Waals surface area (Å²) in [6, 6.07) is 5.56. The van der Waals surface area contributed by atoms with Crippen molar-refractivity contribution in [3.63, 3.8) is 0 Å². The number of carbonyl (C=O) groups is 2. The quantitative estimate of drug-likeness (QED) is 0.852. The zero-order valence-corrected chi connectivity index (χ0v) is 14.9. The molecule has 2 aromatic rings. The van der Waals surface area contributed by atoms with Gasteiger partial charge in [-0.3, -0.25) is 4.79 Å². The highest BCUT2D eigenvalue weighted by molar-refractivity contribution is 5.84. The van der Waals surface area contributed by atoms with Gasteiger partial charge in [0.15, 0.2) is 0 Å². The molecule has 1 unspecified atom stereocenters.